The summed E-state index contributed by atoms with van der Waals surface area (Å²) in [6.45, 7) is -0.0867. The van der Waals surface area contributed by atoms with E-state index < -0.39 is 0 Å². The van der Waals surface area contributed by atoms with Crippen molar-refractivity contribution in [2.75, 3.05) is 0 Å². The van der Waals surface area contributed by atoms with Crippen LogP contribution in [-0.2, 0) is 6.61 Å². The van der Waals surface area contributed by atoms with Gasteiger partial charge in [-0.3, -0.25) is 0 Å². The van der Waals surface area contributed by atoms with Crippen LogP contribution in [0.3, 0.4) is 0 Å². The quantitative estimate of drug-likeness (QED) is 0.708. The molecule has 0 unspecified atom stereocenters. The molecule has 1 N–H and O–H groups in total. The summed E-state index contributed by atoms with van der Waals surface area (Å²) in [5, 5.41) is 9.77. The van der Waals surface area contributed by atoms with Crippen LogP contribution in [0.25, 0.3) is 0 Å². The van der Waals surface area contributed by atoms with Crippen LogP contribution < -0.4 is 0 Å². The topological polar surface area (TPSA) is 20.2 Å². The molecule has 0 saturated heterocycles. The average molecular weight is 211 g/mol. The van der Waals surface area contributed by atoms with Crippen molar-refractivity contribution in [3.63, 3.8) is 0 Å². The van der Waals surface area contributed by atoms with Gasteiger partial charge < -0.3 is 5.11 Å². The first kappa shape index (κ1) is 9.14. The molecule has 60 valence electrons. The number of hydrogen-bond acceptors (Lipinski definition) is 1. The molecule has 0 aliphatic heterocycles. The van der Waals surface area contributed by atoms with E-state index in [2.05, 4.69) is 0 Å². The van der Waals surface area contributed by atoms with E-state index in [1.807, 2.05) is 0 Å². The maximum Gasteiger partial charge on any atom is 0.0778 e. The number of benzene rings is 1. The van der Waals surface area contributed by atoms with E-state index in [0.29, 0.717) is 20.6 Å². The molecule has 0 saturated carbocycles. The Balaban J connectivity index is 3.21. The molecule has 1 nitrogen and oxygen atoms in total. The van der Waals surface area contributed by atoms with Gasteiger partial charge in [-0.15, -0.1) is 0 Å². The van der Waals surface area contributed by atoms with E-state index in [9.17, 15) is 0 Å². The second kappa shape index (κ2) is 3.63. The number of hydrogen-bond donors (Lipinski definition) is 1. The SMILES string of the molecule is OCc1cc(Cl)c(Cl)c(Cl)c1. The number of aliphatic hydroxyl groups is 1. The summed E-state index contributed by atoms with van der Waals surface area (Å²) in [4.78, 5) is 0. The third-order valence-electron chi connectivity index (χ3n) is 1.23. The molecule has 0 atom stereocenters. The third kappa shape index (κ3) is 2.00. The first-order chi connectivity index (χ1) is 5.15. The van der Waals surface area contributed by atoms with Gasteiger partial charge in [0.05, 0.1) is 21.7 Å². The van der Waals surface area contributed by atoms with E-state index in [-0.39, 0.29) is 6.61 Å². The van der Waals surface area contributed by atoms with Crippen molar-refractivity contribution in [3.8, 4) is 0 Å². The van der Waals surface area contributed by atoms with Crippen molar-refractivity contribution in [3.05, 3.63) is 32.8 Å². The van der Waals surface area contributed by atoms with Gasteiger partial charge in [0.25, 0.3) is 0 Å². The Hall–Kier alpha value is 0.0500. The lowest BCUT2D eigenvalue weighted by molar-refractivity contribution is 0.282. The minimum absolute atomic E-state index is 0.0867. The van der Waals surface area contributed by atoms with Crippen LogP contribution in [0.1, 0.15) is 5.56 Å². The van der Waals surface area contributed by atoms with E-state index >= 15 is 0 Å². The second-order valence-corrected chi connectivity index (χ2v) is 3.22. The number of aliphatic hydroxyl groups excluding tert-OH is 1. The van der Waals surface area contributed by atoms with E-state index in [1.165, 1.54) is 0 Å². The van der Waals surface area contributed by atoms with E-state index in [4.69, 9.17) is 39.9 Å². The molecule has 0 aliphatic rings. The molecule has 0 aliphatic carbocycles. The van der Waals surface area contributed by atoms with Crippen molar-refractivity contribution < 1.29 is 5.11 Å². The largest absolute Gasteiger partial charge is 0.392 e. The highest BCUT2D eigenvalue weighted by Gasteiger charge is 2.04. The molecule has 0 aromatic heterocycles. The Morgan fingerprint density at radius 2 is 1.55 bits per heavy atom. The monoisotopic (exact) mass is 210 g/mol. The summed E-state index contributed by atoms with van der Waals surface area (Å²) in [6, 6.07) is 3.16. The minimum Gasteiger partial charge on any atom is -0.392 e. The predicted octanol–water partition coefficient (Wildman–Crippen LogP) is 3.14. The molecule has 0 fully saturated rings. The van der Waals surface area contributed by atoms with Crippen LogP contribution in [0, 0.1) is 0 Å². The Labute approximate surface area is 79.5 Å². The summed E-state index contributed by atoms with van der Waals surface area (Å²) < 4.78 is 0. The summed E-state index contributed by atoms with van der Waals surface area (Å²) in [6.07, 6.45) is 0. The molecule has 11 heavy (non-hydrogen) atoms. The lowest BCUT2D eigenvalue weighted by Gasteiger charge is -2.01. The molecular weight excluding hydrogens is 206 g/mol. The fourth-order valence-electron chi connectivity index (χ4n) is 0.699. The maximum atomic E-state index is 8.72. The zero-order chi connectivity index (χ0) is 8.43. The van der Waals surface area contributed by atoms with Gasteiger partial charge in [-0.05, 0) is 17.7 Å². The Morgan fingerprint density at radius 1 is 1.09 bits per heavy atom. The van der Waals surface area contributed by atoms with Crippen molar-refractivity contribution in [1.82, 2.24) is 0 Å². The van der Waals surface area contributed by atoms with Gasteiger partial charge in [-0.2, -0.15) is 0 Å². The van der Waals surface area contributed by atoms with Crippen molar-refractivity contribution >= 4 is 34.8 Å². The summed E-state index contributed by atoms with van der Waals surface area (Å²) in [5.41, 5.74) is 0.657. The molecule has 0 heterocycles. The van der Waals surface area contributed by atoms with Crippen molar-refractivity contribution in [1.29, 1.82) is 0 Å². The zero-order valence-corrected chi connectivity index (χ0v) is 7.71. The van der Waals surface area contributed by atoms with E-state index in [0.717, 1.165) is 0 Å². The lowest BCUT2D eigenvalue weighted by atomic mass is 10.2. The fourth-order valence-corrected chi connectivity index (χ4v) is 1.34. The number of rotatable bonds is 1. The predicted molar refractivity (Wildman–Crippen MR) is 47.4 cm³/mol. The normalized spacial score (nSPS) is 10.2. The highest BCUT2D eigenvalue weighted by molar-refractivity contribution is 6.48. The first-order valence-corrected chi connectivity index (χ1v) is 4.03. The van der Waals surface area contributed by atoms with Gasteiger partial charge in [0.2, 0.25) is 0 Å². The summed E-state index contributed by atoms with van der Waals surface area (Å²) in [5.74, 6) is 0. The minimum atomic E-state index is -0.0867. The van der Waals surface area contributed by atoms with Gasteiger partial charge in [-0.25, -0.2) is 0 Å². The van der Waals surface area contributed by atoms with Crippen LogP contribution in [0.5, 0.6) is 0 Å². The number of halogens is 3. The van der Waals surface area contributed by atoms with Crippen LogP contribution >= 0.6 is 34.8 Å². The van der Waals surface area contributed by atoms with Gasteiger partial charge in [0, 0.05) is 0 Å². The molecule has 4 heteroatoms. The molecular formula is C7H5Cl3O. The Bertz CT molecular complexity index is 249. The van der Waals surface area contributed by atoms with Crippen LogP contribution in [0.4, 0.5) is 0 Å². The van der Waals surface area contributed by atoms with Gasteiger partial charge >= 0.3 is 0 Å². The Kier molecular flexibility index (Phi) is 3.02. The van der Waals surface area contributed by atoms with Crippen molar-refractivity contribution in [2.45, 2.75) is 6.61 Å². The highest BCUT2D eigenvalue weighted by atomic mass is 35.5. The summed E-state index contributed by atoms with van der Waals surface area (Å²) in [7, 11) is 0. The molecule has 0 amide bonds. The maximum absolute atomic E-state index is 8.72. The third-order valence-corrected chi connectivity index (χ3v) is 2.42. The zero-order valence-electron chi connectivity index (χ0n) is 5.44. The molecule has 0 bridgehead atoms. The highest BCUT2D eigenvalue weighted by Crippen LogP contribution is 2.30. The first-order valence-electron chi connectivity index (χ1n) is 2.89. The standard InChI is InChI=1S/C7H5Cl3O/c8-5-1-4(3-11)2-6(9)7(5)10/h1-2,11H,3H2. The van der Waals surface area contributed by atoms with Gasteiger partial charge in [0.15, 0.2) is 0 Å². The second-order valence-electron chi connectivity index (χ2n) is 2.03. The fraction of sp³-hybridized carbons (Fsp3) is 0.143. The average Bonchev–Trinajstić information content (AvgIpc) is 1.99. The Morgan fingerprint density at radius 3 is 1.91 bits per heavy atom. The molecule has 1 aromatic carbocycles. The molecule has 0 spiro atoms. The van der Waals surface area contributed by atoms with Crippen LogP contribution in [-0.4, -0.2) is 5.11 Å². The van der Waals surface area contributed by atoms with Crippen LogP contribution in [0.2, 0.25) is 15.1 Å². The van der Waals surface area contributed by atoms with Crippen LogP contribution in [0.15, 0.2) is 12.1 Å². The van der Waals surface area contributed by atoms with Crippen molar-refractivity contribution in [2.24, 2.45) is 0 Å². The molecule has 1 aromatic rings. The summed E-state index contributed by atoms with van der Waals surface area (Å²) >= 11 is 17.0. The smallest absolute Gasteiger partial charge is 0.0778 e. The van der Waals surface area contributed by atoms with Gasteiger partial charge in [-0.1, -0.05) is 34.8 Å². The molecule has 1 rings (SSSR count). The van der Waals surface area contributed by atoms with Gasteiger partial charge in [0.1, 0.15) is 0 Å². The molecule has 0 radical (unpaired) electrons. The lowest BCUT2D eigenvalue weighted by Crippen LogP contribution is -1.83. The van der Waals surface area contributed by atoms with E-state index in [1.54, 1.807) is 12.1 Å².